The molecule has 3 N–H and O–H groups in total. The summed E-state index contributed by atoms with van der Waals surface area (Å²) in [5.41, 5.74) is 6.46. The summed E-state index contributed by atoms with van der Waals surface area (Å²) >= 11 is 12.0. The Balaban J connectivity index is 2.03. The van der Waals surface area contributed by atoms with Gasteiger partial charge in [-0.2, -0.15) is 0 Å². The number of primary amides is 1. The maximum atomic E-state index is 12.8. The maximum absolute atomic E-state index is 12.8. The Bertz CT molecular complexity index is 1080. The molecule has 0 aliphatic rings. The van der Waals surface area contributed by atoms with Crippen molar-refractivity contribution in [2.24, 2.45) is 5.73 Å². The molecule has 0 bridgehead atoms. The van der Waals surface area contributed by atoms with E-state index >= 15 is 0 Å². The first-order valence-corrected chi connectivity index (χ1v) is 10.0. The summed E-state index contributed by atoms with van der Waals surface area (Å²) in [4.78, 5) is 11.5. The van der Waals surface area contributed by atoms with Crippen LogP contribution in [0.3, 0.4) is 0 Å². The van der Waals surface area contributed by atoms with Crippen molar-refractivity contribution in [3.05, 3.63) is 82.0 Å². The van der Waals surface area contributed by atoms with Gasteiger partial charge in [-0.3, -0.25) is 9.52 Å². The Morgan fingerprint density at radius 2 is 1.59 bits per heavy atom. The molecular weight excluding hydrogens is 409 g/mol. The van der Waals surface area contributed by atoms with Gasteiger partial charge in [-0.05, 0) is 29.8 Å². The minimum absolute atomic E-state index is 0.00806. The zero-order chi connectivity index (χ0) is 19.6. The lowest BCUT2D eigenvalue weighted by molar-refractivity contribution is 0.0992. The third-order valence-corrected chi connectivity index (χ3v) is 6.15. The molecule has 0 fully saturated rings. The van der Waals surface area contributed by atoms with Crippen LogP contribution >= 0.6 is 23.2 Å². The van der Waals surface area contributed by atoms with Gasteiger partial charge in [-0.25, -0.2) is 8.42 Å². The number of nitrogens with one attached hydrogen (secondary N) is 1. The predicted octanol–water partition coefficient (Wildman–Crippen LogP) is 3.74. The van der Waals surface area contributed by atoms with Gasteiger partial charge in [-0.1, -0.05) is 59.6 Å². The lowest BCUT2D eigenvalue weighted by atomic mass is 10.2. The number of hydrogen-bond donors (Lipinski definition) is 2. The highest BCUT2D eigenvalue weighted by atomic mass is 35.5. The molecule has 1 amide bonds. The number of hydrogen-bond acceptors (Lipinski definition) is 3. The van der Waals surface area contributed by atoms with Crippen LogP contribution in [0.15, 0.2) is 65.6 Å². The first kappa shape index (κ1) is 19.3. The van der Waals surface area contributed by atoms with Gasteiger partial charge in [-0.15, -0.1) is 0 Å². The van der Waals surface area contributed by atoms with Gasteiger partial charge in [0, 0.05) is 6.54 Å². The van der Waals surface area contributed by atoms with Gasteiger partial charge in [0.2, 0.25) is 0 Å². The summed E-state index contributed by atoms with van der Waals surface area (Å²) in [6, 6.07) is 16.6. The molecule has 1 aromatic heterocycles. The van der Waals surface area contributed by atoms with E-state index in [1.54, 1.807) is 6.07 Å². The summed E-state index contributed by atoms with van der Waals surface area (Å²) in [6.07, 6.45) is 0. The summed E-state index contributed by atoms with van der Waals surface area (Å²) in [5, 5.41) is -0.0161. The lowest BCUT2D eigenvalue weighted by Crippen LogP contribution is -2.21. The first-order valence-electron chi connectivity index (χ1n) is 7.79. The molecule has 0 radical (unpaired) electrons. The van der Waals surface area contributed by atoms with Gasteiger partial charge >= 0.3 is 0 Å². The van der Waals surface area contributed by atoms with Crippen molar-refractivity contribution in [1.29, 1.82) is 0 Å². The second-order valence-electron chi connectivity index (χ2n) is 5.70. The van der Waals surface area contributed by atoms with Crippen LogP contribution in [0, 0.1) is 0 Å². The molecule has 0 saturated heterocycles. The highest BCUT2D eigenvalue weighted by Crippen LogP contribution is 2.31. The van der Waals surface area contributed by atoms with Crippen molar-refractivity contribution in [1.82, 2.24) is 4.57 Å². The van der Waals surface area contributed by atoms with E-state index in [-0.39, 0.29) is 33.0 Å². The zero-order valence-corrected chi connectivity index (χ0v) is 16.2. The topological polar surface area (TPSA) is 94.2 Å². The number of carbonyl (C=O) groups excluding carboxylic acids is 1. The molecule has 6 nitrogen and oxygen atoms in total. The average Bonchev–Trinajstić information content (AvgIpc) is 2.97. The standard InChI is InChI=1S/C18H15Cl2N3O3S/c19-13-7-4-8-14(20)17(13)27(25,26)22-16-10-9-15(18(21)24)23(16)11-12-5-2-1-3-6-12/h1-10,22H,11H2,(H2,21,24). The number of nitrogens with two attached hydrogens (primary N) is 1. The van der Waals surface area contributed by atoms with E-state index in [2.05, 4.69) is 4.72 Å². The van der Waals surface area contributed by atoms with Crippen molar-refractivity contribution in [2.75, 3.05) is 4.72 Å². The van der Waals surface area contributed by atoms with Crippen LogP contribution < -0.4 is 10.5 Å². The number of rotatable bonds is 6. The molecule has 27 heavy (non-hydrogen) atoms. The minimum Gasteiger partial charge on any atom is -0.364 e. The van der Waals surface area contributed by atoms with Crippen molar-refractivity contribution >= 4 is 45.0 Å². The smallest absolute Gasteiger partial charge is 0.265 e. The van der Waals surface area contributed by atoms with Crippen LogP contribution in [0.1, 0.15) is 16.1 Å². The van der Waals surface area contributed by atoms with E-state index in [0.717, 1.165) is 5.56 Å². The van der Waals surface area contributed by atoms with Crippen molar-refractivity contribution < 1.29 is 13.2 Å². The van der Waals surface area contributed by atoms with Gasteiger partial charge < -0.3 is 10.3 Å². The van der Waals surface area contributed by atoms with Gasteiger partial charge in [0.1, 0.15) is 16.4 Å². The first-order chi connectivity index (χ1) is 12.8. The quantitative estimate of drug-likeness (QED) is 0.631. The molecule has 9 heteroatoms. The van der Waals surface area contributed by atoms with E-state index < -0.39 is 15.9 Å². The van der Waals surface area contributed by atoms with E-state index in [1.807, 2.05) is 30.3 Å². The summed E-state index contributed by atoms with van der Waals surface area (Å²) < 4.78 is 29.6. The lowest BCUT2D eigenvalue weighted by Gasteiger charge is -2.15. The molecule has 3 rings (SSSR count). The Morgan fingerprint density at radius 1 is 0.963 bits per heavy atom. The Labute approximate surface area is 166 Å². The van der Waals surface area contributed by atoms with Crippen molar-refractivity contribution in [3.63, 3.8) is 0 Å². The van der Waals surface area contributed by atoms with E-state index in [4.69, 9.17) is 28.9 Å². The van der Waals surface area contributed by atoms with Crippen LogP contribution in [0.5, 0.6) is 0 Å². The van der Waals surface area contributed by atoms with Crippen LogP contribution in [0.4, 0.5) is 5.82 Å². The molecular formula is C18H15Cl2N3O3S. The van der Waals surface area contributed by atoms with Crippen molar-refractivity contribution in [3.8, 4) is 0 Å². The summed E-state index contributed by atoms with van der Waals surface area (Å²) in [7, 11) is -4.09. The van der Waals surface area contributed by atoms with E-state index in [0.29, 0.717) is 0 Å². The molecule has 1 heterocycles. The zero-order valence-electron chi connectivity index (χ0n) is 13.9. The number of aromatic nitrogens is 1. The van der Waals surface area contributed by atoms with Crippen LogP contribution in [0.25, 0.3) is 0 Å². The van der Waals surface area contributed by atoms with E-state index in [9.17, 15) is 13.2 Å². The van der Waals surface area contributed by atoms with Crippen molar-refractivity contribution in [2.45, 2.75) is 11.4 Å². The van der Waals surface area contributed by atoms with E-state index in [1.165, 1.54) is 28.8 Å². The molecule has 3 aromatic rings. The maximum Gasteiger partial charge on any atom is 0.265 e. The third kappa shape index (κ3) is 4.10. The fraction of sp³-hybridized carbons (Fsp3) is 0.0556. The second-order valence-corrected chi connectivity index (χ2v) is 8.13. The Hall–Kier alpha value is -2.48. The molecule has 0 aliphatic heterocycles. The number of anilines is 1. The fourth-order valence-corrected chi connectivity index (χ4v) is 4.85. The fourth-order valence-electron chi connectivity index (χ4n) is 2.64. The largest absolute Gasteiger partial charge is 0.364 e. The van der Waals surface area contributed by atoms with Gasteiger partial charge in [0.05, 0.1) is 10.0 Å². The van der Waals surface area contributed by atoms with Gasteiger partial charge in [0.15, 0.2) is 0 Å². The Kier molecular flexibility index (Phi) is 5.46. The SMILES string of the molecule is NC(=O)c1ccc(NS(=O)(=O)c2c(Cl)cccc2Cl)n1Cc1ccccc1. The molecule has 0 unspecified atom stereocenters. The molecule has 0 saturated carbocycles. The number of sulfonamides is 1. The third-order valence-electron chi connectivity index (χ3n) is 3.84. The number of halogens is 2. The molecule has 140 valence electrons. The predicted molar refractivity (Wildman–Crippen MR) is 106 cm³/mol. The summed E-state index contributed by atoms with van der Waals surface area (Å²) in [6.45, 7) is 0.250. The number of carbonyl (C=O) groups is 1. The Morgan fingerprint density at radius 3 is 2.19 bits per heavy atom. The second kappa shape index (κ2) is 7.64. The van der Waals surface area contributed by atoms with Gasteiger partial charge in [0.25, 0.3) is 15.9 Å². The van der Waals surface area contributed by atoms with Crippen LogP contribution in [-0.4, -0.2) is 18.9 Å². The molecule has 2 aromatic carbocycles. The normalized spacial score (nSPS) is 11.3. The number of benzene rings is 2. The van der Waals surface area contributed by atoms with Crippen LogP contribution in [0.2, 0.25) is 10.0 Å². The highest BCUT2D eigenvalue weighted by Gasteiger charge is 2.24. The monoisotopic (exact) mass is 423 g/mol. The highest BCUT2D eigenvalue weighted by molar-refractivity contribution is 7.93. The molecule has 0 atom stereocenters. The van der Waals surface area contributed by atoms with Crippen LogP contribution in [-0.2, 0) is 16.6 Å². The average molecular weight is 424 g/mol. The number of amides is 1. The molecule has 0 aliphatic carbocycles. The summed E-state index contributed by atoms with van der Waals surface area (Å²) in [5.74, 6) is -0.504. The minimum atomic E-state index is -4.09. The number of nitrogens with zero attached hydrogens (tertiary/aromatic N) is 1. The molecule has 0 spiro atoms.